The van der Waals surface area contributed by atoms with E-state index in [9.17, 15) is 9.59 Å². The molecular formula is C16H26N2O2. The van der Waals surface area contributed by atoms with E-state index in [-0.39, 0.29) is 17.9 Å². The van der Waals surface area contributed by atoms with Crippen LogP contribution in [0.4, 0.5) is 0 Å². The van der Waals surface area contributed by atoms with Crippen LogP contribution >= 0.6 is 0 Å². The maximum Gasteiger partial charge on any atom is 0.249 e. The van der Waals surface area contributed by atoms with Crippen LogP contribution in [-0.2, 0) is 9.59 Å². The molecule has 4 nitrogen and oxygen atoms in total. The van der Waals surface area contributed by atoms with Crippen LogP contribution in [-0.4, -0.2) is 33.8 Å². The molecule has 112 valence electrons. The number of nitrogens with zero attached hydrogens (tertiary/aromatic N) is 1. The van der Waals surface area contributed by atoms with E-state index in [4.69, 9.17) is 0 Å². The van der Waals surface area contributed by atoms with Gasteiger partial charge in [-0.3, -0.25) is 9.59 Å². The quantitative estimate of drug-likeness (QED) is 0.842. The average Bonchev–Trinajstić information content (AvgIpc) is 3.22. The largest absolute Gasteiger partial charge is 0.340 e. The summed E-state index contributed by atoms with van der Waals surface area (Å²) in [5.74, 6) is 0.581. The number of carbonyl (C=O) groups is 2. The van der Waals surface area contributed by atoms with Crippen LogP contribution in [0, 0.1) is 5.92 Å². The van der Waals surface area contributed by atoms with Crippen LogP contribution in [0.2, 0.25) is 0 Å². The van der Waals surface area contributed by atoms with Crippen LogP contribution in [0.25, 0.3) is 0 Å². The zero-order valence-electron chi connectivity index (χ0n) is 12.9. The van der Waals surface area contributed by atoms with Gasteiger partial charge in [0.1, 0.15) is 11.1 Å². The Morgan fingerprint density at radius 3 is 2.25 bits per heavy atom. The molecule has 0 radical (unpaired) electrons. The molecule has 1 N–H and O–H groups in total. The fourth-order valence-corrected chi connectivity index (χ4v) is 4.23. The standard InChI is InChI=1S/C16H26N2O2/c1-11(2)18-14(20)15(3,12-7-8-12)17-13(19)16(18)9-5-4-6-10-16/h11-12H,4-10H2,1-3H3,(H,17,19). The van der Waals surface area contributed by atoms with Crippen molar-refractivity contribution < 1.29 is 9.59 Å². The van der Waals surface area contributed by atoms with E-state index in [0.717, 1.165) is 38.5 Å². The third-order valence-corrected chi connectivity index (χ3v) is 5.51. The Bertz CT molecular complexity index is 436. The van der Waals surface area contributed by atoms with Crippen molar-refractivity contribution >= 4 is 11.8 Å². The number of hydrogen-bond donors (Lipinski definition) is 1. The SMILES string of the molecule is CC(C)N1C(=O)C(C)(C2CC2)NC(=O)C12CCCCC2. The fourth-order valence-electron chi connectivity index (χ4n) is 4.23. The van der Waals surface area contributed by atoms with Gasteiger partial charge in [-0.1, -0.05) is 19.3 Å². The van der Waals surface area contributed by atoms with Gasteiger partial charge in [0.25, 0.3) is 0 Å². The minimum absolute atomic E-state index is 0.0877. The Hall–Kier alpha value is -1.06. The number of rotatable bonds is 2. The first-order valence-electron chi connectivity index (χ1n) is 8.08. The van der Waals surface area contributed by atoms with Crippen LogP contribution < -0.4 is 5.32 Å². The first-order chi connectivity index (χ1) is 9.42. The van der Waals surface area contributed by atoms with Crippen molar-refractivity contribution in [2.24, 2.45) is 5.92 Å². The summed E-state index contributed by atoms with van der Waals surface area (Å²) in [6, 6.07) is 0.0877. The highest BCUT2D eigenvalue weighted by Gasteiger charge is 2.61. The summed E-state index contributed by atoms with van der Waals surface area (Å²) in [6.07, 6.45) is 7.03. The lowest BCUT2D eigenvalue weighted by atomic mass is 9.74. The summed E-state index contributed by atoms with van der Waals surface area (Å²) >= 11 is 0. The molecule has 2 aliphatic carbocycles. The zero-order valence-corrected chi connectivity index (χ0v) is 12.9. The van der Waals surface area contributed by atoms with Gasteiger partial charge in [-0.15, -0.1) is 0 Å². The number of nitrogens with one attached hydrogen (secondary N) is 1. The third kappa shape index (κ3) is 1.80. The molecule has 4 heteroatoms. The zero-order chi connectivity index (χ0) is 14.5. The van der Waals surface area contributed by atoms with Crippen molar-refractivity contribution in [3.63, 3.8) is 0 Å². The molecule has 3 rings (SSSR count). The molecule has 1 unspecified atom stereocenters. The van der Waals surface area contributed by atoms with Gasteiger partial charge in [0, 0.05) is 6.04 Å². The predicted octanol–water partition coefficient (Wildman–Crippen LogP) is 2.22. The van der Waals surface area contributed by atoms with Crippen LogP contribution in [0.3, 0.4) is 0 Å². The molecule has 0 aromatic rings. The minimum Gasteiger partial charge on any atom is -0.340 e. The summed E-state index contributed by atoms with van der Waals surface area (Å²) in [4.78, 5) is 27.9. The summed E-state index contributed by atoms with van der Waals surface area (Å²) < 4.78 is 0. The molecule has 0 aromatic carbocycles. The molecule has 2 saturated carbocycles. The van der Waals surface area contributed by atoms with E-state index in [1.54, 1.807) is 0 Å². The van der Waals surface area contributed by atoms with Gasteiger partial charge in [-0.25, -0.2) is 0 Å². The van der Waals surface area contributed by atoms with E-state index in [1.807, 2.05) is 25.7 Å². The number of amides is 2. The van der Waals surface area contributed by atoms with Crippen molar-refractivity contribution in [1.29, 1.82) is 0 Å². The number of carbonyl (C=O) groups excluding carboxylic acids is 2. The second kappa shape index (κ2) is 4.47. The summed E-state index contributed by atoms with van der Waals surface area (Å²) in [5, 5.41) is 3.12. The van der Waals surface area contributed by atoms with E-state index >= 15 is 0 Å². The minimum atomic E-state index is -0.663. The molecule has 3 aliphatic rings. The highest BCUT2D eigenvalue weighted by Crippen LogP contribution is 2.47. The van der Waals surface area contributed by atoms with Crippen molar-refractivity contribution in [2.45, 2.75) is 82.8 Å². The molecule has 1 atom stereocenters. The van der Waals surface area contributed by atoms with Gasteiger partial charge in [-0.2, -0.15) is 0 Å². The van der Waals surface area contributed by atoms with E-state index in [2.05, 4.69) is 5.32 Å². The van der Waals surface area contributed by atoms with E-state index in [0.29, 0.717) is 5.92 Å². The molecule has 20 heavy (non-hydrogen) atoms. The fraction of sp³-hybridized carbons (Fsp3) is 0.875. The Morgan fingerprint density at radius 1 is 1.15 bits per heavy atom. The first-order valence-corrected chi connectivity index (χ1v) is 8.08. The highest BCUT2D eigenvalue weighted by molar-refractivity contribution is 6.02. The van der Waals surface area contributed by atoms with Crippen LogP contribution in [0.5, 0.6) is 0 Å². The van der Waals surface area contributed by atoms with E-state index < -0.39 is 11.1 Å². The Labute approximate surface area is 121 Å². The van der Waals surface area contributed by atoms with Crippen LogP contribution in [0.15, 0.2) is 0 Å². The summed E-state index contributed by atoms with van der Waals surface area (Å²) in [5.41, 5.74) is -1.23. The Kier molecular flexibility index (Phi) is 3.11. The Balaban J connectivity index is 2.00. The maximum absolute atomic E-state index is 13.1. The second-order valence-electron chi connectivity index (χ2n) is 7.29. The Morgan fingerprint density at radius 2 is 1.75 bits per heavy atom. The molecule has 1 aliphatic heterocycles. The topological polar surface area (TPSA) is 49.4 Å². The van der Waals surface area contributed by atoms with Crippen molar-refractivity contribution in [3.05, 3.63) is 0 Å². The summed E-state index contributed by atoms with van der Waals surface area (Å²) in [6.45, 7) is 6.01. The van der Waals surface area contributed by atoms with Gasteiger partial charge in [0.2, 0.25) is 11.8 Å². The lowest BCUT2D eigenvalue weighted by molar-refractivity contribution is -0.169. The molecule has 2 amide bonds. The normalized spacial score (nSPS) is 33.7. The van der Waals surface area contributed by atoms with Gasteiger partial charge in [0.05, 0.1) is 0 Å². The lowest BCUT2D eigenvalue weighted by Crippen LogP contribution is -2.77. The monoisotopic (exact) mass is 278 g/mol. The molecular weight excluding hydrogens is 252 g/mol. The maximum atomic E-state index is 13.1. The lowest BCUT2D eigenvalue weighted by Gasteiger charge is -2.55. The van der Waals surface area contributed by atoms with Crippen molar-refractivity contribution in [1.82, 2.24) is 10.2 Å². The van der Waals surface area contributed by atoms with E-state index in [1.165, 1.54) is 6.42 Å². The van der Waals surface area contributed by atoms with Gasteiger partial charge >= 0.3 is 0 Å². The average molecular weight is 278 g/mol. The molecule has 1 spiro atoms. The van der Waals surface area contributed by atoms with Crippen molar-refractivity contribution in [2.75, 3.05) is 0 Å². The second-order valence-corrected chi connectivity index (χ2v) is 7.29. The van der Waals surface area contributed by atoms with Crippen LogP contribution in [0.1, 0.15) is 65.7 Å². The first kappa shape index (κ1) is 13.9. The smallest absolute Gasteiger partial charge is 0.249 e. The third-order valence-electron chi connectivity index (χ3n) is 5.51. The van der Waals surface area contributed by atoms with Gasteiger partial charge in [-0.05, 0) is 52.4 Å². The molecule has 0 bridgehead atoms. The number of hydrogen-bond acceptors (Lipinski definition) is 2. The molecule has 1 saturated heterocycles. The highest BCUT2D eigenvalue weighted by atomic mass is 16.2. The predicted molar refractivity (Wildman–Crippen MR) is 77.1 cm³/mol. The molecule has 0 aromatic heterocycles. The molecule has 3 fully saturated rings. The van der Waals surface area contributed by atoms with Crippen molar-refractivity contribution in [3.8, 4) is 0 Å². The summed E-state index contributed by atoms with van der Waals surface area (Å²) in [7, 11) is 0. The molecule has 1 heterocycles. The number of piperazine rings is 1. The van der Waals surface area contributed by atoms with Gasteiger partial charge < -0.3 is 10.2 Å². The van der Waals surface area contributed by atoms with Gasteiger partial charge in [0.15, 0.2) is 0 Å².